The number of aromatic carboxylic acids is 1. The fourth-order valence-electron chi connectivity index (χ4n) is 2.54. The van der Waals surface area contributed by atoms with Gasteiger partial charge in [-0.2, -0.15) is 0 Å². The molecular weight excluding hydrogens is 230 g/mol. The molecule has 18 heavy (non-hydrogen) atoms. The van der Waals surface area contributed by atoms with Crippen LogP contribution in [0.4, 0.5) is 5.69 Å². The predicted octanol–water partition coefficient (Wildman–Crippen LogP) is 1.91. The minimum Gasteiger partial charge on any atom is -0.478 e. The van der Waals surface area contributed by atoms with Crippen LogP contribution in [0, 0.1) is 0 Å². The molecule has 0 amide bonds. The third-order valence-corrected chi connectivity index (χ3v) is 3.71. The van der Waals surface area contributed by atoms with Crippen LogP contribution in [0.2, 0.25) is 0 Å². The Bertz CT molecular complexity index is 456. The molecule has 0 saturated heterocycles. The van der Waals surface area contributed by atoms with Crippen LogP contribution >= 0.6 is 0 Å². The van der Waals surface area contributed by atoms with E-state index in [-0.39, 0.29) is 6.04 Å². The molecule has 2 unspecified atom stereocenters. The highest BCUT2D eigenvalue weighted by atomic mass is 16.4. The maximum atomic E-state index is 11.2. The van der Waals surface area contributed by atoms with Gasteiger partial charge in [0.05, 0.1) is 17.7 Å². The van der Waals surface area contributed by atoms with Gasteiger partial charge in [0.1, 0.15) is 0 Å². The Morgan fingerprint density at radius 1 is 1.39 bits per heavy atom. The van der Waals surface area contributed by atoms with E-state index in [0.717, 1.165) is 30.6 Å². The molecule has 2 atom stereocenters. The van der Waals surface area contributed by atoms with Crippen molar-refractivity contribution < 1.29 is 15.0 Å². The van der Waals surface area contributed by atoms with Gasteiger partial charge in [-0.15, -0.1) is 0 Å². The highest BCUT2D eigenvalue weighted by molar-refractivity contribution is 5.91. The molecule has 1 aromatic carbocycles. The van der Waals surface area contributed by atoms with Gasteiger partial charge in [0.25, 0.3) is 0 Å². The topological polar surface area (TPSA) is 60.8 Å². The van der Waals surface area contributed by atoms with E-state index >= 15 is 0 Å². The van der Waals surface area contributed by atoms with Crippen molar-refractivity contribution in [3.8, 4) is 0 Å². The van der Waals surface area contributed by atoms with Gasteiger partial charge in [-0.1, -0.05) is 6.07 Å². The number of anilines is 1. The minimum absolute atomic E-state index is 0.00639. The summed E-state index contributed by atoms with van der Waals surface area (Å²) < 4.78 is 0. The predicted molar refractivity (Wildman–Crippen MR) is 70.2 cm³/mol. The third kappa shape index (κ3) is 2.20. The number of carboxylic acids is 1. The summed E-state index contributed by atoms with van der Waals surface area (Å²) in [6, 6.07) is 5.36. The van der Waals surface area contributed by atoms with Crippen molar-refractivity contribution in [2.24, 2.45) is 0 Å². The molecule has 0 aliphatic carbocycles. The van der Waals surface area contributed by atoms with Crippen LogP contribution < -0.4 is 4.90 Å². The Hall–Kier alpha value is -1.55. The largest absolute Gasteiger partial charge is 0.478 e. The van der Waals surface area contributed by atoms with E-state index in [4.69, 9.17) is 0 Å². The third-order valence-electron chi connectivity index (χ3n) is 3.71. The number of aliphatic hydroxyl groups excluding tert-OH is 1. The SMILES string of the molecule is CC(O)C(C)N1CCCc2c(C(=O)O)cccc21. The number of carbonyl (C=O) groups is 1. The van der Waals surface area contributed by atoms with Crippen LogP contribution in [0.5, 0.6) is 0 Å². The van der Waals surface area contributed by atoms with Gasteiger partial charge in [0, 0.05) is 12.2 Å². The fraction of sp³-hybridized carbons (Fsp3) is 0.500. The van der Waals surface area contributed by atoms with Crippen molar-refractivity contribution in [3.05, 3.63) is 29.3 Å². The van der Waals surface area contributed by atoms with Gasteiger partial charge in [0.15, 0.2) is 0 Å². The quantitative estimate of drug-likeness (QED) is 0.859. The standard InChI is InChI=1S/C14H19NO3/c1-9(10(2)16)15-8-4-6-11-12(14(17)18)5-3-7-13(11)15/h3,5,7,9-10,16H,4,6,8H2,1-2H3,(H,17,18). The van der Waals surface area contributed by atoms with Crippen molar-refractivity contribution >= 4 is 11.7 Å². The van der Waals surface area contributed by atoms with Gasteiger partial charge in [0.2, 0.25) is 0 Å². The molecule has 1 aromatic rings. The summed E-state index contributed by atoms with van der Waals surface area (Å²) in [7, 11) is 0. The highest BCUT2D eigenvalue weighted by Crippen LogP contribution is 2.31. The first-order chi connectivity index (χ1) is 8.52. The Kier molecular flexibility index (Phi) is 3.57. The first-order valence-corrected chi connectivity index (χ1v) is 6.32. The first-order valence-electron chi connectivity index (χ1n) is 6.32. The lowest BCUT2D eigenvalue weighted by atomic mass is 9.94. The number of aliphatic hydroxyl groups is 1. The molecule has 1 aliphatic rings. The molecule has 0 bridgehead atoms. The molecule has 2 N–H and O–H groups in total. The van der Waals surface area contributed by atoms with E-state index in [9.17, 15) is 15.0 Å². The lowest BCUT2D eigenvalue weighted by Crippen LogP contribution is -2.43. The van der Waals surface area contributed by atoms with E-state index in [2.05, 4.69) is 4.90 Å². The van der Waals surface area contributed by atoms with E-state index in [1.165, 1.54) is 0 Å². The number of hydrogen-bond acceptors (Lipinski definition) is 3. The minimum atomic E-state index is -0.876. The number of fused-ring (bicyclic) bond motifs is 1. The van der Waals surface area contributed by atoms with Gasteiger partial charge < -0.3 is 15.1 Å². The second-order valence-electron chi connectivity index (χ2n) is 4.89. The monoisotopic (exact) mass is 249 g/mol. The molecule has 0 spiro atoms. The summed E-state index contributed by atoms with van der Waals surface area (Å²) in [5.41, 5.74) is 2.23. The molecule has 4 nitrogen and oxygen atoms in total. The molecular formula is C14H19NO3. The zero-order valence-corrected chi connectivity index (χ0v) is 10.8. The smallest absolute Gasteiger partial charge is 0.336 e. The van der Waals surface area contributed by atoms with Crippen LogP contribution in [-0.4, -0.2) is 34.9 Å². The molecule has 0 fully saturated rings. The fourth-order valence-corrected chi connectivity index (χ4v) is 2.54. The molecule has 98 valence electrons. The summed E-state index contributed by atoms with van der Waals surface area (Å²) in [5, 5.41) is 18.9. The number of carboxylic acid groups (broad SMARTS) is 1. The molecule has 0 saturated carbocycles. The second kappa shape index (κ2) is 4.98. The van der Waals surface area contributed by atoms with E-state index in [1.807, 2.05) is 13.0 Å². The van der Waals surface area contributed by atoms with Crippen molar-refractivity contribution in [3.63, 3.8) is 0 Å². The van der Waals surface area contributed by atoms with Crippen LogP contribution in [0.15, 0.2) is 18.2 Å². The van der Waals surface area contributed by atoms with Crippen molar-refractivity contribution in [2.75, 3.05) is 11.4 Å². The Labute approximate surface area is 107 Å². The number of hydrogen-bond donors (Lipinski definition) is 2. The van der Waals surface area contributed by atoms with E-state index < -0.39 is 12.1 Å². The number of nitrogens with zero attached hydrogens (tertiary/aromatic N) is 1. The zero-order chi connectivity index (χ0) is 13.3. The maximum Gasteiger partial charge on any atom is 0.336 e. The average molecular weight is 249 g/mol. The molecule has 2 rings (SSSR count). The average Bonchev–Trinajstić information content (AvgIpc) is 2.36. The molecule has 0 aromatic heterocycles. The maximum absolute atomic E-state index is 11.2. The van der Waals surface area contributed by atoms with Crippen molar-refractivity contribution in [1.82, 2.24) is 0 Å². The first kappa shape index (κ1) is 12.9. The van der Waals surface area contributed by atoms with E-state index in [0.29, 0.717) is 5.56 Å². The van der Waals surface area contributed by atoms with Crippen LogP contribution in [0.1, 0.15) is 36.2 Å². The molecule has 1 aliphatic heterocycles. The van der Waals surface area contributed by atoms with Crippen molar-refractivity contribution in [2.45, 2.75) is 38.8 Å². The number of benzene rings is 1. The molecule has 0 radical (unpaired) electrons. The van der Waals surface area contributed by atoms with Crippen molar-refractivity contribution in [1.29, 1.82) is 0 Å². The zero-order valence-electron chi connectivity index (χ0n) is 10.8. The van der Waals surface area contributed by atoms with Crippen LogP contribution in [-0.2, 0) is 6.42 Å². The summed E-state index contributed by atoms with van der Waals surface area (Å²) in [6.07, 6.45) is 1.28. The molecule has 1 heterocycles. The summed E-state index contributed by atoms with van der Waals surface area (Å²) in [5.74, 6) is -0.876. The van der Waals surface area contributed by atoms with Gasteiger partial charge >= 0.3 is 5.97 Å². The summed E-state index contributed by atoms with van der Waals surface area (Å²) in [6.45, 7) is 4.59. The Morgan fingerprint density at radius 3 is 2.72 bits per heavy atom. The molecule has 4 heteroatoms. The second-order valence-corrected chi connectivity index (χ2v) is 4.89. The normalized spacial score (nSPS) is 18.1. The van der Waals surface area contributed by atoms with Crippen LogP contribution in [0.25, 0.3) is 0 Å². The van der Waals surface area contributed by atoms with E-state index in [1.54, 1.807) is 19.1 Å². The van der Waals surface area contributed by atoms with Gasteiger partial charge in [-0.3, -0.25) is 0 Å². The highest BCUT2D eigenvalue weighted by Gasteiger charge is 2.26. The lowest BCUT2D eigenvalue weighted by Gasteiger charge is -2.38. The van der Waals surface area contributed by atoms with Gasteiger partial charge in [-0.25, -0.2) is 4.79 Å². The summed E-state index contributed by atoms with van der Waals surface area (Å²) >= 11 is 0. The van der Waals surface area contributed by atoms with Crippen LogP contribution in [0.3, 0.4) is 0 Å². The Balaban J connectivity index is 2.44. The Morgan fingerprint density at radius 2 is 2.11 bits per heavy atom. The lowest BCUT2D eigenvalue weighted by molar-refractivity contribution is 0.0695. The summed E-state index contributed by atoms with van der Waals surface area (Å²) in [4.78, 5) is 13.3. The number of rotatable bonds is 3. The van der Waals surface area contributed by atoms with Gasteiger partial charge in [-0.05, 0) is 44.4 Å².